The highest BCUT2D eigenvalue weighted by Gasteiger charge is 2.25. The van der Waals surface area contributed by atoms with E-state index in [-0.39, 0.29) is 0 Å². The van der Waals surface area contributed by atoms with E-state index in [2.05, 4.69) is 30.9 Å². The Kier molecular flexibility index (Phi) is 5.12. The fourth-order valence-electron chi connectivity index (χ4n) is 3.03. The van der Waals surface area contributed by atoms with E-state index in [9.17, 15) is 0 Å². The van der Waals surface area contributed by atoms with Crippen molar-refractivity contribution in [2.24, 2.45) is 11.7 Å². The van der Waals surface area contributed by atoms with Crippen LogP contribution in [0.25, 0.3) is 0 Å². The number of benzene rings is 1. The minimum atomic E-state index is 0.577. The summed E-state index contributed by atoms with van der Waals surface area (Å²) in [6.07, 6.45) is 5.28. The number of hydrogen-bond donors (Lipinski definition) is 1. The van der Waals surface area contributed by atoms with Gasteiger partial charge in [-0.15, -0.1) is 0 Å². The molecule has 19 heavy (non-hydrogen) atoms. The van der Waals surface area contributed by atoms with Gasteiger partial charge in [0.1, 0.15) is 0 Å². The second-order valence-electron chi connectivity index (χ2n) is 5.96. The maximum absolute atomic E-state index is 6.19. The molecule has 0 saturated heterocycles. The van der Waals surface area contributed by atoms with Gasteiger partial charge in [-0.2, -0.15) is 0 Å². The van der Waals surface area contributed by atoms with Crippen LogP contribution in [-0.4, -0.2) is 12.6 Å². The largest absolute Gasteiger partial charge is 0.368 e. The lowest BCUT2D eigenvalue weighted by Gasteiger charge is -2.34. The molecule has 0 aromatic heterocycles. The van der Waals surface area contributed by atoms with Gasteiger partial charge in [-0.25, -0.2) is 0 Å². The molecule has 1 aromatic rings. The zero-order valence-electron chi connectivity index (χ0n) is 12.0. The van der Waals surface area contributed by atoms with Crippen molar-refractivity contribution in [1.29, 1.82) is 0 Å². The summed E-state index contributed by atoms with van der Waals surface area (Å²) in [6.45, 7) is 6.20. The number of nitrogens with two attached hydrogens (primary N) is 1. The number of halogens is 1. The molecule has 0 aliphatic heterocycles. The molecular formula is C16H25ClN2. The van der Waals surface area contributed by atoms with E-state index in [4.69, 9.17) is 17.3 Å². The lowest BCUT2D eigenvalue weighted by atomic mass is 10.1. The molecule has 106 valence electrons. The van der Waals surface area contributed by atoms with Crippen molar-refractivity contribution < 1.29 is 0 Å². The van der Waals surface area contributed by atoms with Crippen molar-refractivity contribution in [1.82, 2.24) is 0 Å². The van der Waals surface area contributed by atoms with E-state index < -0.39 is 0 Å². The van der Waals surface area contributed by atoms with Gasteiger partial charge >= 0.3 is 0 Å². The van der Waals surface area contributed by atoms with Crippen molar-refractivity contribution in [3.05, 3.63) is 28.8 Å². The lowest BCUT2D eigenvalue weighted by Crippen LogP contribution is -2.37. The Morgan fingerprint density at radius 3 is 2.58 bits per heavy atom. The molecule has 0 radical (unpaired) electrons. The Balaban J connectivity index is 2.32. The van der Waals surface area contributed by atoms with Crippen molar-refractivity contribution in [3.63, 3.8) is 0 Å². The van der Waals surface area contributed by atoms with E-state index in [1.165, 1.54) is 36.9 Å². The van der Waals surface area contributed by atoms with Crippen molar-refractivity contribution in [3.8, 4) is 0 Å². The van der Waals surface area contributed by atoms with Gasteiger partial charge < -0.3 is 10.6 Å². The minimum Gasteiger partial charge on any atom is -0.368 e. The van der Waals surface area contributed by atoms with Crippen LogP contribution in [0.2, 0.25) is 5.02 Å². The Hall–Kier alpha value is -0.730. The monoisotopic (exact) mass is 280 g/mol. The summed E-state index contributed by atoms with van der Waals surface area (Å²) in [7, 11) is 0. The van der Waals surface area contributed by atoms with Crippen LogP contribution in [0.5, 0.6) is 0 Å². The Bertz CT molecular complexity index is 411. The molecule has 1 aromatic carbocycles. The van der Waals surface area contributed by atoms with E-state index in [1.807, 2.05) is 6.07 Å². The van der Waals surface area contributed by atoms with Crippen LogP contribution in [0.3, 0.4) is 0 Å². The molecule has 1 saturated carbocycles. The number of anilines is 1. The van der Waals surface area contributed by atoms with Crippen LogP contribution in [0, 0.1) is 5.92 Å². The first-order valence-corrected chi connectivity index (χ1v) is 7.74. The van der Waals surface area contributed by atoms with Crippen LogP contribution < -0.4 is 10.6 Å². The van der Waals surface area contributed by atoms with Crippen molar-refractivity contribution >= 4 is 17.3 Å². The van der Waals surface area contributed by atoms with Gasteiger partial charge in [0.15, 0.2) is 0 Å². The van der Waals surface area contributed by atoms with Gasteiger partial charge in [0, 0.05) is 29.8 Å². The average molecular weight is 281 g/mol. The summed E-state index contributed by atoms with van der Waals surface area (Å²) in [5, 5.41) is 0.805. The van der Waals surface area contributed by atoms with Crippen LogP contribution in [0.1, 0.15) is 45.1 Å². The SMILES string of the molecule is CC(C)CN(c1cc(Cl)ccc1CN)C1CCCC1. The normalized spacial score (nSPS) is 16.3. The third-order valence-electron chi connectivity index (χ3n) is 3.90. The molecular weight excluding hydrogens is 256 g/mol. The fraction of sp³-hybridized carbons (Fsp3) is 0.625. The molecule has 2 N–H and O–H groups in total. The predicted molar refractivity (Wildman–Crippen MR) is 83.8 cm³/mol. The van der Waals surface area contributed by atoms with Crippen LogP contribution >= 0.6 is 11.6 Å². The molecule has 0 spiro atoms. The van der Waals surface area contributed by atoms with E-state index in [0.717, 1.165) is 11.6 Å². The second kappa shape index (κ2) is 6.62. The van der Waals surface area contributed by atoms with E-state index in [1.54, 1.807) is 0 Å². The zero-order valence-corrected chi connectivity index (χ0v) is 12.8. The van der Waals surface area contributed by atoms with Gasteiger partial charge in [-0.1, -0.05) is 44.4 Å². The summed E-state index contributed by atoms with van der Waals surface area (Å²) < 4.78 is 0. The number of rotatable bonds is 5. The first kappa shape index (κ1) is 14.7. The number of hydrogen-bond acceptors (Lipinski definition) is 2. The summed E-state index contributed by atoms with van der Waals surface area (Å²) >= 11 is 6.19. The molecule has 2 nitrogen and oxygen atoms in total. The maximum atomic E-state index is 6.19. The Morgan fingerprint density at radius 1 is 1.32 bits per heavy atom. The van der Waals surface area contributed by atoms with Gasteiger partial charge in [0.2, 0.25) is 0 Å². The van der Waals surface area contributed by atoms with Gasteiger partial charge in [-0.05, 0) is 36.5 Å². The highest BCUT2D eigenvalue weighted by atomic mass is 35.5. The van der Waals surface area contributed by atoms with Crippen molar-refractivity contribution in [2.75, 3.05) is 11.4 Å². The summed E-state index contributed by atoms with van der Waals surface area (Å²) in [4.78, 5) is 2.55. The third kappa shape index (κ3) is 3.64. The molecule has 3 heteroatoms. The third-order valence-corrected chi connectivity index (χ3v) is 4.14. The molecule has 2 rings (SSSR count). The molecule has 1 aliphatic carbocycles. The van der Waals surface area contributed by atoms with Gasteiger partial charge in [0.25, 0.3) is 0 Å². The van der Waals surface area contributed by atoms with Crippen LogP contribution in [0.4, 0.5) is 5.69 Å². The average Bonchev–Trinajstić information content (AvgIpc) is 2.89. The Morgan fingerprint density at radius 2 is 2.00 bits per heavy atom. The van der Waals surface area contributed by atoms with E-state index in [0.29, 0.717) is 18.5 Å². The highest BCUT2D eigenvalue weighted by molar-refractivity contribution is 6.30. The quantitative estimate of drug-likeness (QED) is 0.876. The minimum absolute atomic E-state index is 0.577. The molecule has 1 aliphatic rings. The van der Waals surface area contributed by atoms with Crippen LogP contribution in [0.15, 0.2) is 18.2 Å². The Labute approximate surface area is 121 Å². The smallest absolute Gasteiger partial charge is 0.0429 e. The molecule has 1 fully saturated rings. The molecule has 0 amide bonds. The predicted octanol–water partition coefficient (Wildman–Crippen LogP) is 4.20. The van der Waals surface area contributed by atoms with Crippen molar-refractivity contribution in [2.45, 2.75) is 52.1 Å². The van der Waals surface area contributed by atoms with Gasteiger partial charge in [0.05, 0.1) is 0 Å². The summed E-state index contributed by atoms with van der Waals surface area (Å²) in [5.74, 6) is 0.644. The molecule has 0 unspecified atom stereocenters. The maximum Gasteiger partial charge on any atom is 0.0429 e. The molecule has 0 bridgehead atoms. The topological polar surface area (TPSA) is 29.3 Å². The van der Waals surface area contributed by atoms with E-state index >= 15 is 0 Å². The van der Waals surface area contributed by atoms with Gasteiger partial charge in [-0.3, -0.25) is 0 Å². The highest BCUT2D eigenvalue weighted by Crippen LogP contribution is 2.32. The number of nitrogens with zero attached hydrogens (tertiary/aromatic N) is 1. The zero-order chi connectivity index (χ0) is 13.8. The first-order valence-electron chi connectivity index (χ1n) is 7.37. The van der Waals surface area contributed by atoms with Crippen LogP contribution in [-0.2, 0) is 6.54 Å². The lowest BCUT2D eigenvalue weighted by molar-refractivity contribution is 0.534. The summed E-state index contributed by atoms with van der Waals surface area (Å²) in [5.41, 5.74) is 8.35. The summed E-state index contributed by atoms with van der Waals surface area (Å²) in [6, 6.07) is 6.76. The molecule has 0 heterocycles. The fourth-order valence-corrected chi connectivity index (χ4v) is 3.20. The standard InChI is InChI=1S/C16H25ClN2/c1-12(2)11-19(15-5-3-4-6-15)16-9-14(17)8-7-13(16)10-18/h7-9,12,15H,3-6,10-11,18H2,1-2H3. The molecule has 0 atom stereocenters. The second-order valence-corrected chi connectivity index (χ2v) is 6.40. The first-order chi connectivity index (χ1) is 9.11.